The molecule has 2 N–H and O–H groups in total. The van der Waals surface area contributed by atoms with Crippen LogP contribution in [-0.4, -0.2) is 53.2 Å². The van der Waals surface area contributed by atoms with Gasteiger partial charge in [0, 0.05) is 26.1 Å². The van der Waals surface area contributed by atoms with E-state index in [-0.39, 0.29) is 23.7 Å². The molecule has 0 aromatic carbocycles. The first-order valence-corrected chi connectivity index (χ1v) is 8.83. The summed E-state index contributed by atoms with van der Waals surface area (Å²) in [4.78, 5) is 28.2. The smallest absolute Gasteiger partial charge is 0.231 e. The van der Waals surface area contributed by atoms with Gasteiger partial charge < -0.3 is 10.2 Å². The summed E-state index contributed by atoms with van der Waals surface area (Å²) < 4.78 is 0. The Kier molecular flexibility index (Phi) is 4.34. The average molecular weight is 320 g/mol. The molecule has 1 saturated carbocycles. The van der Waals surface area contributed by atoms with Gasteiger partial charge in [0.2, 0.25) is 11.8 Å². The molecular weight excluding hydrogens is 292 g/mol. The first kappa shape index (κ1) is 16.3. The number of likely N-dealkylation sites (tertiary alicyclic amines) is 1. The molecule has 3 rings (SSSR count). The second-order valence-electron chi connectivity index (χ2n) is 7.63. The van der Waals surface area contributed by atoms with Crippen molar-refractivity contribution in [2.24, 2.45) is 11.8 Å². The van der Waals surface area contributed by atoms with Crippen molar-refractivity contribution in [2.45, 2.75) is 57.4 Å². The molecule has 0 radical (unpaired) electrons. The Bertz CT molecular complexity index is 495. The molecule has 1 unspecified atom stereocenters. The van der Waals surface area contributed by atoms with Gasteiger partial charge in [-0.05, 0) is 38.5 Å². The monoisotopic (exact) mass is 320 g/mol. The maximum Gasteiger partial charge on any atom is 0.231 e. The third kappa shape index (κ3) is 3.08. The van der Waals surface area contributed by atoms with E-state index in [0.29, 0.717) is 18.9 Å². The van der Waals surface area contributed by atoms with Crippen molar-refractivity contribution in [3.63, 3.8) is 0 Å². The fourth-order valence-electron chi connectivity index (χ4n) is 4.33. The first-order valence-electron chi connectivity index (χ1n) is 8.83. The predicted octanol–water partition coefficient (Wildman–Crippen LogP) is 1.56. The molecular formula is C17H28N4O2. The number of nitrogens with zero attached hydrogens (tertiary/aromatic N) is 2. The number of amides is 2. The highest BCUT2D eigenvalue weighted by Crippen LogP contribution is 2.34. The van der Waals surface area contributed by atoms with Crippen molar-refractivity contribution >= 4 is 17.8 Å². The maximum atomic E-state index is 12.7. The van der Waals surface area contributed by atoms with Crippen LogP contribution in [0.5, 0.6) is 0 Å². The summed E-state index contributed by atoms with van der Waals surface area (Å²) in [7, 11) is 1.63. The van der Waals surface area contributed by atoms with Gasteiger partial charge in [0.1, 0.15) is 0 Å². The number of hydrogen-bond acceptors (Lipinski definition) is 3. The minimum absolute atomic E-state index is 0.0181. The first-order chi connectivity index (χ1) is 10.9. The Morgan fingerprint density at radius 3 is 2.61 bits per heavy atom. The minimum atomic E-state index is -0.421. The zero-order chi connectivity index (χ0) is 16.6. The highest BCUT2D eigenvalue weighted by Gasteiger charge is 2.44. The second-order valence-corrected chi connectivity index (χ2v) is 7.63. The van der Waals surface area contributed by atoms with Crippen LogP contribution in [0.15, 0.2) is 0 Å². The van der Waals surface area contributed by atoms with Crippen LogP contribution < -0.4 is 5.32 Å². The van der Waals surface area contributed by atoms with Crippen molar-refractivity contribution in [1.29, 1.82) is 5.41 Å². The van der Waals surface area contributed by atoms with E-state index in [4.69, 9.17) is 5.41 Å². The van der Waals surface area contributed by atoms with Gasteiger partial charge in [-0.2, -0.15) is 0 Å². The standard InChI is InChI=1S/C17H28N4O2/c1-17(10-14(22)20(2)16(18)19-17)13-8-5-9-21(11-13)15(23)12-6-3-4-7-12/h12-13H,3-11H2,1-2H3,(H2,18,19)/t13?,17-/m0/s1. The summed E-state index contributed by atoms with van der Waals surface area (Å²) in [6, 6.07) is 0. The fourth-order valence-corrected chi connectivity index (χ4v) is 4.33. The lowest BCUT2D eigenvalue weighted by molar-refractivity contribution is -0.138. The molecule has 2 atom stereocenters. The summed E-state index contributed by atoms with van der Waals surface area (Å²) in [5, 5.41) is 11.2. The molecule has 23 heavy (non-hydrogen) atoms. The van der Waals surface area contributed by atoms with Crippen molar-refractivity contribution < 1.29 is 9.59 Å². The lowest BCUT2D eigenvalue weighted by Gasteiger charge is -2.47. The zero-order valence-electron chi connectivity index (χ0n) is 14.2. The topological polar surface area (TPSA) is 76.5 Å². The molecule has 0 aromatic heterocycles. The van der Waals surface area contributed by atoms with Crippen molar-refractivity contribution in [3.8, 4) is 0 Å². The molecule has 2 amide bonds. The Hall–Kier alpha value is -1.59. The number of hydrogen-bond donors (Lipinski definition) is 2. The molecule has 1 aliphatic carbocycles. The van der Waals surface area contributed by atoms with Gasteiger partial charge >= 0.3 is 0 Å². The Morgan fingerprint density at radius 1 is 1.26 bits per heavy atom. The number of piperidine rings is 1. The van der Waals surface area contributed by atoms with Gasteiger partial charge in [0.25, 0.3) is 0 Å². The maximum absolute atomic E-state index is 12.7. The molecule has 2 aliphatic heterocycles. The molecule has 0 bridgehead atoms. The van der Waals surface area contributed by atoms with Gasteiger partial charge in [-0.25, -0.2) is 0 Å². The Morgan fingerprint density at radius 2 is 1.96 bits per heavy atom. The molecule has 2 heterocycles. The summed E-state index contributed by atoms with van der Waals surface area (Å²) in [5.41, 5.74) is -0.421. The lowest BCUT2D eigenvalue weighted by atomic mass is 9.76. The number of carbonyl (C=O) groups excluding carboxylic acids is 2. The minimum Gasteiger partial charge on any atom is -0.350 e. The Balaban J connectivity index is 1.69. The number of guanidine groups is 1. The number of nitrogens with one attached hydrogen (secondary N) is 2. The predicted molar refractivity (Wildman–Crippen MR) is 87.9 cm³/mol. The van der Waals surface area contributed by atoms with Crippen LogP contribution in [0.2, 0.25) is 0 Å². The summed E-state index contributed by atoms with van der Waals surface area (Å²) in [6.45, 7) is 3.58. The van der Waals surface area contributed by atoms with E-state index in [1.807, 2.05) is 11.8 Å². The lowest BCUT2D eigenvalue weighted by Crippen LogP contribution is -2.65. The molecule has 128 valence electrons. The van der Waals surface area contributed by atoms with Gasteiger partial charge in [-0.3, -0.25) is 19.9 Å². The van der Waals surface area contributed by atoms with E-state index >= 15 is 0 Å². The van der Waals surface area contributed by atoms with Gasteiger partial charge in [-0.1, -0.05) is 12.8 Å². The average Bonchev–Trinajstić information content (AvgIpc) is 3.06. The molecule has 2 saturated heterocycles. The van der Waals surface area contributed by atoms with Crippen LogP contribution in [0.25, 0.3) is 0 Å². The van der Waals surface area contributed by atoms with E-state index in [2.05, 4.69) is 5.32 Å². The summed E-state index contributed by atoms with van der Waals surface area (Å²) >= 11 is 0. The van der Waals surface area contributed by atoms with E-state index in [1.165, 1.54) is 17.7 Å². The van der Waals surface area contributed by atoms with Gasteiger partial charge in [0.05, 0.1) is 12.0 Å². The highest BCUT2D eigenvalue weighted by atomic mass is 16.2. The molecule has 0 spiro atoms. The second kappa shape index (κ2) is 6.13. The van der Waals surface area contributed by atoms with Crippen molar-refractivity contribution in [2.75, 3.05) is 20.1 Å². The van der Waals surface area contributed by atoms with Gasteiger partial charge in [-0.15, -0.1) is 0 Å². The van der Waals surface area contributed by atoms with Crippen LogP contribution >= 0.6 is 0 Å². The van der Waals surface area contributed by atoms with Crippen molar-refractivity contribution in [3.05, 3.63) is 0 Å². The van der Waals surface area contributed by atoms with Crippen molar-refractivity contribution in [1.82, 2.24) is 15.1 Å². The van der Waals surface area contributed by atoms with Crippen LogP contribution in [0.1, 0.15) is 51.9 Å². The molecule has 3 aliphatic rings. The third-order valence-corrected chi connectivity index (χ3v) is 5.97. The van der Waals surface area contributed by atoms with E-state index < -0.39 is 5.54 Å². The van der Waals surface area contributed by atoms with Gasteiger partial charge in [0.15, 0.2) is 5.96 Å². The van der Waals surface area contributed by atoms with E-state index in [0.717, 1.165) is 32.2 Å². The van der Waals surface area contributed by atoms with Crippen LogP contribution in [0.4, 0.5) is 0 Å². The summed E-state index contributed by atoms with van der Waals surface area (Å²) in [6.07, 6.45) is 6.78. The van der Waals surface area contributed by atoms with Crippen LogP contribution in [0.3, 0.4) is 0 Å². The molecule has 3 fully saturated rings. The van der Waals surface area contributed by atoms with Crippen LogP contribution in [0, 0.1) is 17.2 Å². The van der Waals surface area contributed by atoms with Crippen LogP contribution in [-0.2, 0) is 9.59 Å². The van der Waals surface area contributed by atoms with E-state index in [1.54, 1.807) is 7.05 Å². The fraction of sp³-hybridized carbons (Fsp3) is 0.824. The normalized spacial score (nSPS) is 33.0. The number of carbonyl (C=O) groups is 2. The molecule has 6 nitrogen and oxygen atoms in total. The third-order valence-electron chi connectivity index (χ3n) is 5.97. The highest BCUT2D eigenvalue weighted by molar-refractivity contribution is 5.98. The molecule has 6 heteroatoms. The Labute approximate surface area is 138 Å². The quantitative estimate of drug-likeness (QED) is 0.810. The SMILES string of the molecule is CN1C(=N)N[C@](C)(C2CCCN(C(=O)C3CCCC3)C2)CC1=O. The zero-order valence-corrected chi connectivity index (χ0v) is 14.2. The number of rotatable bonds is 2. The largest absolute Gasteiger partial charge is 0.350 e. The molecule has 0 aromatic rings. The van der Waals surface area contributed by atoms with E-state index in [9.17, 15) is 9.59 Å². The summed E-state index contributed by atoms with van der Waals surface area (Å²) in [5.74, 6) is 0.898.